The highest BCUT2D eigenvalue weighted by Crippen LogP contribution is 2.30. The Morgan fingerprint density at radius 3 is 2.38 bits per heavy atom. The summed E-state index contributed by atoms with van der Waals surface area (Å²) in [6, 6.07) is 0.646. The molecule has 0 bridgehead atoms. The van der Waals surface area contributed by atoms with Crippen molar-refractivity contribution in [2.75, 3.05) is 46.3 Å². The van der Waals surface area contributed by atoms with Crippen molar-refractivity contribution in [2.24, 2.45) is 10.9 Å². The maximum Gasteiger partial charge on any atom is 0.511 e. The molecule has 2 N–H and O–H groups in total. The summed E-state index contributed by atoms with van der Waals surface area (Å²) >= 11 is 0. The van der Waals surface area contributed by atoms with E-state index in [2.05, 4.69) is 27.4 Å². The molecule has 2 rings (SSSR count). The van der Waals surface area contributed by atoms with Crippen LogP contribution in [0.15, 0.2) is 4.99 Å². The lowest BCUT2D eigenvalue weighted by molar-refractivity contribution is -0.0496. The summed E-state index contributed by atoms with van der Waals surface area (Å²) in [6.07, 6.45) is 5.65. The van der Waals surface area contributed by atoms with Crippen LogP contribution in [0.25, 0.3) is 0 Å². The van der Waals surface area contributed by atoms with E-state index < -0.39 is 15.5 Å². The van der Waals surface area contributed by atoms with E-state index in [1.165, 1.54) is 19.3 Å². The monoisotopic (exact) mass is 441 g/mol. The molecule has 1 unspecified atom stereocenters. The highest BCUT2D eigenvalue weighted by Gasteiger charge is 2.50. The van der Waals surface area contributed by atoms with Gasteiger partial charge in [-0.3, -0.25) is 4.99 Å². The van der Waals surface area contributed by atoms with Crippen molar-refractivity contribution < 1.29 is 21.6 Å². The number of nitrogens with zero attached hydrogens (tertiary/aromatic N) is 3. The van der Waals surface area contributed by atoms with Crippen LogP contribution in [0.4, 0.5) is 13.2 Å². The molecule has 2 fully saturated rings. The van der Waals surface area contributed by atoms with Crippen LogP contribution in [0.5, 0.6) is 0 Å². The Labute approximate surface area is 172 Å². The van der Waals surface area contributed by atoms with E-state index in [0.29, 0.717) is 35.7 Å². The Morgan fingerprint density at radius 1 is 1.10 bits per heavy atom. The summed E-state index contributed by atoms with van der Waals surface area (Å²) in [7, 11) is -3.53. The smallest absolute Gasteiger partial charge is 0.356 e. The third-order valence-electron chi connectivity index (χ3n) is 5.84. The molecule has 170 valence electrons. The highest BCUT2D eigenvalue weighted by molar-refractivity contribution is 7.90. The zero-order valence-corrected chi connectivity index (χ0v) is 18.2. The van der Waals surface area contributed by atoms with Crippen molar-refractivity contribution in [1.29, 1.82) is 0 Å². The van der Waals surface area contributed by atoms with Crippen LogP contribution in [-0.4, -0.2) is 81.4 Å². The number of hydrogen-bond donors (Lipinski definition) is 2. The summed E-state index contributed by atoms with van der Waals surface area (Å²) in [4.78, 5) is 6.70. The number of hydrogen-bond acceptors (Lipinski definition) is 4. The molecule has 2 aliphatic rings. The largest absolute Gasteiger partial charge is 0.511 e. The Bertz CT molecular complexity index is 634. The summed E-state index contributed by atoms with van der Waals surface area (Å²) in [6.45, 7) is 5.64. The van der Waals surface area contributed by atoms with E-state index in [-0.39, 0.29) is 19.0 Å². The maximum absolute atomic E-state index is 12.6. The number of rotatable bonds is 7. The number of alkyl halides is 3. The molecule has 2 heterocycles. The molecule has 29 heavy (non-hydrogen) atoms. The van der Waals surface area contributed by atoms with Gasteiger partial charge in [-0.15, -0.1) is 0 Å². The van der Waals surface area contributed by atoms with E-state index in [9.17, 15) is 21.6 Å². The molecule has 2 aliphatic heterocycles. The lowest BCUT2D eigenvalue weighted by Crippen LogP contribution is -2.47. The molecule has 2 saturated heterocycles. The summed E-state index contributed by atoms with van der Waals surface area (Å²) in [5.41, 5.74) is -5.23. The Morgan fingerprint density at radius 2 is 1.79 bits per heavy atom. The minimum Gasteiger partial charge on any atom is -0.356 e. The van der Waals surface area contributed by atoms with Crippen LogP contribution in [0, 0.1) is 5.92 Å². The summed E-state index contributed by atoms with van der Waals surface area (Å²) in [5, 5.41) is 6.48. The van der Waals surface area contributed by atoms with Crippen LogP contribution < -0.4 is 10.6 Å². The van der Waals surface area contributed by atoms with E-state index in [1.54, 1.807) is 7.05 Å². The molecule has 0 amide bonds. The van der Waals surface area contributed by atoms with Gasteiger partial charge in [-0.1, -0.05) is 6.42 Å². The van der Waals surface area contributed by atoms with Crippen LogP contribution >= 0.6 is 0 Å². The number of piperidine rings is 2. The standard InChI is InChI=1S/C18H34F3N5O2S/c1-15-6-3-4-10-25(15)11-5-9-23-17(22-2)24-14-16-7-12-26(13-8-16)29(27,28)18(19,20)21/h15-16H,3-14H2,1-2H3,(H2,22,23,24). The second-order valence-corrected chi connectivity index (χ2v) is 9.84. The Balaban J connectivity index is 1.65. The first-order valence-electron chi connectivity index (χ1n) is 10.4. The van der Waals surface area contributed by atoms with Gasteiger partial charge in [0.05, 0.1) is 0 Å². The number of likely N-dealkylation sites (tertiary alicyclic amines) is 1. The first-order valence-corrected chi connectivity index (χ1v) is 11.8. The fraction of sp³-hybridized carbons (Fsp3) is 0.944. The van der Waals surface area contributed by atoms with Gasteiger partial charge in [-0.2, -0.15) is 17.5 Å². The van der Waals surface area contributed by atoms with Crippen LogP contribution in [0.3, 0.4) is 0 Å². The van der Waals surface area contributed by atoms with Gasteiger partial charge in [0.1, 0.15) is 0 Å². The second-order valence-electron chi connectivity index (χ2n) is 7.91. The van der Waals surface area contributed by atoms with E-state index in [0.717, 1.165) is 26.1 Å². The van der Waals surface area contributed by atoms with Gasteiger partial charge in [-0.05, 0) is 51.5 Å². The first-order chi connectivity index (χ1) is 13.6. The van der Waals surface area contributed by atoms with Crippen molar-refractivity contribution in [3.8, 4) is 0 Å². The molecule has 0 radical (unpaired) electrons. The molecule has 11 heteroatoms. The second kappa shape index (κ2) is 10.8. The van der Waals surface area contributed by atoms with Crippen molar-refractivity contribution >= 4 is 16.0 Å². The van der Waals surface area contributed by atoms with Crippen LogP contribution in [0.1, 0.15) is 45.4 Å². The molecular weight excluding hydrogens is 407 g/mol. The predicted molar refractivity (Wildman–Crippen MR) is 108 cm³/mol. The summed E-state index contributed by atoms with van der Waals surface area (Å²) < 4.78 is 61.4. The zero-order valence-electron chi connectivity index (χ0n) is 17.3. The van der Waals surface area contributed by atoms with Crippen molar-refractivity contribution in [1.82, 2.24) is 19.8 Å². The molecule has 1 atom stereocenters. The van der Waals surface area contributed by atoms with Crippen LogP contribution in [-0.2, 0) is 10.0 Å². The van der Waals surface area contributed by atoms with Gasteiger partial charge in [0.25, 0.3) is 0 Å². The molecule has 0 spiro atoms. The number of sulfonamides is 1. The number of nitrogens with one attached hydrogen (secondary N) is 2. The van der Waals surface area contributed by atoms with E-state index in [1.807, 2.05) is 0 Å². The SMILES string of the molecule is CN=C(NCCCN1CCCCC1C)NCC1CCN(S(=O)(=O)C(F)(F)F)CC1. The van der Waals surface area contributed by atoms with Gasteiger partial charge in [0.2, 0.25) is 0 Å². The fourth-order valence-electron chi connectivity index (χ4n) is 3.94. The minimum atomic E-state index is -5.23. The summed E-state index contributed by atoms with van der Waals surface area (Å²) in [5.74, 6) is 0.782. The number of guanidine groups is 1. The first kappa shape index (κ1) is 24.2. The van der Waals surface area contributed by atoms with Gasteiger partial charge < -0.3 is 15.5 Å². The molecule has 0 saturated carbocycles. The lowest BCUT2D eigenvalue weighted by atomic mass is 9.98. The molecule has 0 aromatic carbocycles. The number of halogens is 3. The van der Waals surface area contributed by atoms with Gasteiger partial charge in [-0.25, -0.2) is 8.42 Å². The van der Waals surface area contributed by atoms with Crippen molar-refractivity contribution in [3.63, 3.8) is 0 Å². The Hall–Kier alpha value is -1.07. The Kier molecular flexibility index (Phi) is 9.02. The van der Waals surface area contributed by atoms with Gasteiger partial charge >= 0.3 is 15.5 Å². The molecule has 0 aromatic heterocycles. The average Bonchev–Trinajstić information content (AvgIpc) is 2.68. The molecule has 7 nitrogen and oxygen atoms in total. The van der Waals surface area contributed by atoms with Crippen LogP contribution in [0.2, 0.25) is 0 Å². The normalized spacial score (nSPS) is 23.9. The third-order valence-corrected chi connectivity index (χ3v) is 7.47. The van der Waals surface area contributed by atoms with Gasteiger partial charge in [0, 0.05) is 45.8 Å². The highest BCUT2D eigenvalue weighted by atomic mass is 32.2. The topological polar surface area (TPSA) is 77.0 Å². The van der Waals surface area contributed by atoms with Crippen molar-refractivity contribution in [2.45, 2.75) is 57.0 Å². The van der Waals surface area contributed by atoms with E-state index >= 15 is 0 Å². The zero-order chi connectivity index (χ0) is 21.5. The molecular formula is C18H34F3N5O2S. The van der Waals surface area contributed by atoms with E-state index in [4.69, 9.17) is 0 Å². The molecule has 0 aromatic rings. The minimum absolute atomic E-state index is 0.103. The quantitative estimate of drug-likeness (QED) is 0.359. The lowest BCUT2D eigenvalue weighted by Gasteiger charge is -2.33. The predicted octanol–water partition coefficient (Wildman–Crippen LogP) is 1.98. The van der Waals surface area contributed by atoms with Gasteiger partial charge in [0.15, 0.2) is 5.96 Å². The third kappa shape index (κ3) is 6.99. The fourth-order valence-corrected chi connectivity index (χ4v) is 4.92. The number of aliphatic imine (C=N–C) groups is 1. The van der Waals surface area contributed by atoms with Crippen molar-refractivity contribution in [3.05, 3.63) is 0 Å². The average molecular weight is 442 g/mol. The maximum atomic E-state index is 12.6. The molecule has 0 aliphatic carbocycles.